The number of benzene rings is 1. The first-order valence-electron chi connectivity index (χ1n) is 8.71. The number of nitrogens with zero attached hydrogens (tertiary/aromatic N) is 3. The van der Waals surface area contributed by atoms with E-state index in [1.54, 1.807) is 17.9 Å². The molecule has 0 spiro atoms. The average Bonchev–Trinajstić information content (AvgIpc) is 3.03. The van der Waals surface area contributed by atoms with Crippen molar-refractivity contribution in [2.75, 3.05) is 33.4 Å². The minimum atomic E-state index is -0.227. The second-order valence-corrected chi connectivity index (χ2v) is 7.16. The van der Waals surface area contributed by atoms with Crippen molar-refractivity contribution in [3.05, 3.63) is 40.7 Å². The summed E-state index contributed by atoms with van der Waals surface area (Å²) in [5, 5.41) is 15.1. The molecule has 0 unspecified atom stereocenters. The third kappa shape index (κ3) is 4.79. The zero-order valence-corrected chi connectivity index (χ0v) is 17.1. The number of hydrogen-bond donors (Lipinski definition) is 2. The molecule has 2 aromatic rings. The van der Waals surface area contributed by atoms with Crippen LogP contribution in [0.5, 0.6) is 0 Å². The van der Waals surface area contributed by atoms with Crippen molar-refractivity contribution in [2.24, 2.45) is 5.41 Å². The molecule has 148 valence electrons. The van der Waals surface area contributed by atoms with Crippen LogP contribution in [0.2, 0.25) is 5.02 Å². The van der Waals surface area contributed by atoms with Crippen molar-refractivity contribution in [2.45, 2.75) is 19.8 Å². The molecule has 0 bridgehead atoms. The number of methoxy groups -OCH3 is 1. The van der Waals surface area contributed by atoms with E-state index in [4.69, 9.17) is 16.3 Å². The van der Waals surface area contributed by atoms with Crippen LogP contribution in [0.1, 0.15) is 29.0 Å². The third-order valence-electron chi connectivity index (χ3n) is 4.93. The molecular formula is C18H25Cl2N5O2. The number of nitrogens with one attached hydrogen (secondary N) is 2. The van der Waals surface area contributed by atoms with E-state index < -0.39 is 0 Å². The van der Waals surface area contributed by atoms with E-state index in [0.29, 0.717) is 35.2 Å². The zero-order valence-electron chi connectivity index (χ0n) is 15.5. The molecule has 3 rings (SSSR count). The van der Waals surface area contributed by atoms with Gasteiger partial charge >= 0.3 is 0 Å². The van der Waals surface area contributed by atoms with Gasteiger partial charge < -0.3 is 15.4 Å². The number of amides is 1. The highest BCUT2D eigenvalue weighted by Crippen LogP contribution is 2.28. The van der Waals surface area contributed by atoms with Gasteiger partial charge in [-0.3, -0.25) is 4.79 Å². The number of aromatic nitrogens is 3. The number of hydrogen-bond acceptors (Lipinski definition) is 5. The Balaban J connectivity index is 0.00000261. The van der Waals surface area contributed by atoms with Crippen LogP contribution in [0, 0.1) is 12.3 Å². The lowest BCUT2D eigenvalue weighted by molar-refractivity contribution is 0.0510. The highest BCUT2D eigenvalue weighted by Gasteiger charge is 2.33. The molecule has 0 radical (unpaired) electrons. The van der Waals surface area contributed by atoms with Gasteiger partial charge in [-0.25, -0.2) is 4.68 Å². The second-order valence-electron chi connectivity index (χ2n) is 6.75. The lowest BCUT2D eigenvalue weighted by Gasteiger charge is -2.37. The summed E-state index contributed by atoms with van der Waals surface area (Å²) in [5.74, 6) is -0.227. The maximum absolute atomic E-state index is 12.7. The molecule has 1 aromatic heterocycles. The first-order valence-corrected chi connectivity index (χ1v) is 9.09. The van der Waals surface area contributed by atoms with E-state index in [-0.39, 0.29) is 23.7 Å². The van der Waals surface area contributed by atoms with Crippen LogP contribution in [-0.4, -0.2) is 54.3 Å². The molecule has 1 saturated heterocycles. The maximum Gasteiger partial charge on any atom is 0.273 e. The second kappa shape index (κ2) is 9.50. The normalized spacial score (nSPS) is 15.8. The van der Waals surface area contributed by atoms with Crippen LogP contribution in [-0.2, 0) is 4.74 Å². The lowest BCUT2D eigenvalue weighted by Crippen LogP contribution is -2.47. The molecule has 1 fully saturated rings. The molecule has 1 aliphatic heterocycles. The smallest absolute Gasteiger partial charge is 0.273 e. The summed E-state index contributed by atoms with van der Waals surface area (Å²) in [4.78, 5) is 12.7. The van der Waals surface area contributed by atoms with Crippen molar-refractivity contribution < 1.29 is 9.53 Å². The Morgan fingerprint density at radius 2 is 2.07 bits per heavy atom. The Morgan fingerprint density at radius 3 is 2.74 bits per heavy atom. The summed E-state index contributed by atoms with van der Waals surface area (Å²) in [6.45, 7) is 4.86. The number of ether oxygens (including phenoxy) is 1. The van der Waals surface area contributed by atoms with E-state index >= 15 is 0 Å². The van der Waals surface area contributed by atoms with E-state index in [0.717, 1.165) is 25.9 Å². The molecule has 1 aromatic carbocycles. The van der Waals surface area contributed by atoms with Crippen LogP contribution < -0.4 is 10.6 Å². The first-order chi connectivity index (χ1) is 12.6. The molecule has 0 saturated carbocycles. The highest BCUT2D eigenvalue weighted by molar-refractivity contribution is 6.32. The SMILES string of the molecule is COCC1(CNC(=O)c2nnn(-c3ccccc3Cl)c2C)CCNCC1.Cl. The van der Waals surface area contributed by atoms with Crippen LogP contribution in [0.3, 0.4) is 0 Å². The summed E-state index contributed by atoms with van der Waals surface area (Å²) in [6, 6.07) is 7.34. The number of carbonyl (C=O) groups excluding carboxylic acids is 1. The van der Waals surface area contributed by atoms with Gasteiger partial charge in [0.05, 0.1) is 23.0 Å². The lowest BCUT2D eigenvalue weighted by atomic mass is 9.79. The van der Waals surface area contributed by atoms with Gasteiger partial charge in [0.25, 0.3) is 5.91 Å². The molecule has 2 heterocycles. The van der Waals surface area contributed by atoms with Gasteiger partial charge in [-0.1, -0.05) is 28.9 Å². The molecule has 7 nitrogen and oxygen atoms in total. The van der Waals surface area contributed by atoms with Gasteiger partial charge in [-0.15, -0.1) is 17.5 Å². The minimum Gasteiger partial charge on any atom is -0.384 e. The van der Waals surface area contributed by atoms with Crippen molar-refractivity contribution in [1.29, 1.82) is 0 Å². The zero-order chi connectivity index (χ0) is 18.6. The molecule has 9 heteroatoms. The Morgan fingerprint density at radius 1 is 1.37 bits per heavy atom. The Labute approximate surface area is 170 Å². The number of rotatable bonds is 6. The topological polar surface area (TPSA) is 81.1 Å². The van der Waals surface area contributed by atoms with Gasteiger partial charge in [-0.05, 0) is 45.0 Å². The monoisotopic (exact) mass is 413 g/mol. The molecule has 1 amide bonds. The fraction of sp³-hybridized carbons (Fsp3) is 0.500. The van der Waals surface area contributed by atoms with Crippen LogP contribution in [0.25, 0.3) is 5.69 Å². The van der Waals surface area contributed by atoms with Crippen molar-refractivity contribution in [3.8, 4) is 5.69 Å². The summed E-state index contributed by atoms with van der Waals surface area (Å²) in [5.41, 5.74) is 1.63. The van der Waals surface area contributed by atoms with E-state index in [1.165, 1.54) is 0 Å². The molecular weight excluding hydrogens is 389 g/mol. The van der Waals surface area contributed by atoms with Gasteiger partial charge in [0, 0.05) is 19.1 Å². The largest absolute Gasteiger partial charge is 0.384 e. The van der Waals surface area contributed by atoms with Gasteiger partial charge in [0.15, 0.2) is 5.69 Å². The molecule has 27 heavy (non-hydrogen) atoms. The predicted octanol–water partition coefficient (Wildman–Crippen LogP) is 2.40. The van der Waals surface area contributed by atoms with Gasteiger partial charge in [0.1, 0.15) is 0 Å². The quantitative estimate of drug-likeness (QED) is 0.759. The van der Waals surface area contributed by atoms with E-state index in [2.05, 4.69) is 20.9 Å². The average molecular weight is 414 g/mol. The first kappa shape index (κ1) is 21.6. The van der Waals surface area contributed by atoms with Gasteiger partial charge in [-0.2, -0.15) is 0 Å². The van der Waals surface area contributed by atoms with Crippen LogP contribution >= 0.6 is 24.0 Å². The van der Waals surface area contributed by atoms with Crippen LogP contribution in [0.15, 0.2) is 24.3 Å². The standard InChI is InChI=1S/C18H24ClN5O2.ClH/c1-13-16(22-23-24(13)15-6-4-3-5-14(15)19)17(25)21-11-18(12-26-2)7-9-20-10-8-18;/h3-6,20H,7-12H2,1-2H3,(H,21,25);1H. The van der Waals surface area contributed by atoms with E-state index in [1.807, 2.05) is 25.1 Å². The number of carbonyl (C=O) groups is 1. The Kier molecular flexibility index (Phi) is 7.61. The summed E-state index contributed by atoms with van der Waals surface area (Å²) in [7, 11) is 1.70. The summed E-state index contributed by atoms with van der Waals surface area (Å²) < 4.78 is 6.99. The summed E-state index contributed by atoms with van der Waals surface area (Å²) in [6.07, 6.45) is 1.93. The van der Waals surface area contributed by atoms with Gasteiger partial charge in [0.2, 0.25) is 0 Å². The Bertz CT molecular complexity index is 769. The molecule has 0 atom stereocenters. The van der Waals surface area contributed by atoms with Crippen molar-refractivity contribution in [1.82, 2.24) is 25.6 Å². The third-order valence-corrected chi connectivity index (χ3v) is 5.25. The fourth-order valence-corrected chi connectivity index (χ4v) is 3.59. The minimum absolute atomic E-state index is 0. The fourth-order valence-electron chi connectivity index (χ4n) is 3.38. The number of halogens is 2. The maximum atomic E-state index is 12.7. The number of piperidine rings is 1. The predicted molar refractivity (Wildman–Crippen MR) is 107 cm³/mol. The summed E-state index contributed by atoms with van der Waals surface area (Å²) >= 11 is 6.23. The molecule has 1 aliphatic rings. The van der Waals surface area contributed by atoms with Crippen molar-refractivity contribution >= 4 is 29.9 Å². The van der Waals surface area contributed by atoms with E-state index in [9.17, 15) is 4.79 Å². The Hall–Kier alpha value is -1.67. The number of para-hydroxylation sites is 1. The molecule has 0 aliphatic carbocycles. The molecule has 2 N–H and O–H groups in total. The highest BCUT2D eigenvalue weighted by atomic mass is 35.5. The van der Waals surface area contributed by atoms with Crippen molar-refractivity contribution in [3.63, 3.8) is 0 Å². The van der Waals surface area contributed by atoms with Crippen LogP contribution in [0.4, 0.5) is 0 Å².